The molecule has 2 aromatic rings. The van der Waals surface area contributed by atoms with E-state index in [-0.39, 0.29) is 16.8 Å². The molecule has 0 heterocycles. The van der Waals surface area contributed by atoms with Gasteiger partial charge in [-0.05, 0) is 39.7 Å². The fourth-order valence-corrected chi connectivity index (χ4v) is 2.75. The topological polar surface area (TPSA) is 95.7 Å². The van der Waals surface area contributed by atoms with Gasteiger partial charge < -0.3 is 9.47 Å². The lowest BCUT2D eigenvalue weighted by Gasteiger charge is -2.11. The lowest BCUT2D eigenvalue weighted by atomic mass is 9.97. The highest BCUT2D eigenvalue weighted by Gasteiger charge is 2.21. The number of esters is 2. The summed E-state index contributed by atoms with van der Waals surface area (Å²) in [5.74, 6) is -1.26. The summed E-state index contributed by atoms with van der Waals surface area (Å²) in [6, 6.07) is 10.6. The number of hydrogen-bond acceptors (Lipinski definition) is 6. The zero-order valence-electron chi connectivity index (χ0n) is 13.9. The van der Waals surface area contributed by atoms with Crippen LogP contribution in [0.15, 0.2) is 46.9 Å². The van der Waals surface area contributed by atoms with E-state index < -0.39 is 16.9 Å². The predicted octanol–water partition coefficient (Wildman–Crippen LogP) is 3.86. The number of ether oxygens (including phenoxy) is 2. The first kappa shape index (κ1) is 19.3. The number of nitro groups is 1. The largest absolute Gasteiger partial charge is 0.465 e. The van der Waals surface area contributed by atoms with E-state index in [4.69, 9.17) is 9.47 Å². The molecule has 8 heteroatoms. The standard InChI is InChI=1S/C18H14BrNO6/c1-25-17(21)14-6-4-3-5-13(14)15(18(22)26-2)9-11-7-8-12(20(23)24)10-16(11)19/h3-10H,1-2H3. The van der Waals surface area contributed by atoms with E-state index in [0.29, 0.717) is 15.6 Å². The second-order valence-electron chi connectivity index (χ2n) is 5.05. The number of carbonyl (C=O) groups excluding carboxylic acids is 2. The Morgan fingerprint density at radius 1 is 1.08 bits per heavy atom. The molecule has 7 nitrogen and oxygen atoms in total. The van der Waals surface area contributed by atoms with Crippen LogP contribution in [-0.4, -0.2) is 31.1 Å². The Morgan fingerprint density at radius 2 is 1.73 bits per heavy atom. The first-order valence-corrected chi connectivity index (χ1v) is 8.10. The van der Waals surface area contributed by atoms with Crippen LogP contribution in [-0.2, 0) is 14.3 Å². The van der Waals surface area contributed by atoms with Gasteiger partial charge in [0.2, 0.25) is 0 Å². The Labute approximate surface area is 157 Å². The zero-order chi connectivity index (χ0) is 19.3. The third-order valence-corrected chi connectivity index (χ3v) is 4.21. The molecule has 0 bridgehead atoms. The van der Waals surface area contributed by atoms with Gasteiger partial charge in [0.15, 0.2) is 0 Å². The molecule has 0 N–H and O–H groups in total. The van der Waals surface area contributed by atoms with Gasteiger partial charge in [-0.15, -0.1) is 0 Å². The molecule has 0 aliphatic rings. The summed E-state index contributed by atoms with van der Waals surface area (Å²) >= 11 is 3.26. The van der Waals surface area contributed by atoms with Crippen molar-refractivity contribution in [3.8, 4) is 0 Å². The minimum Gasteiger partial charge on any atom is -0.465 e. The Bertz CT molecular complexity index is 906. The minimum absolute atomic E-state index is 0.0939. The van der Waals surface area contributed by atoms with E-state index in [1.807, 2.05) is 0 Å². The Balaban J connectivity index is 2.64. The number of nitro benzene ring substituents is 1. The average molecular weight is 420 g/mol. The van der Waals surface area contributed by atoms with Crippen molar-refractivity contribution in [2.45, 2.75) is 0 Å². The Hall–Kier alpha value is -3.00. The summed E-state index contributed by atoms with van der Waals surface area (Å²) < 4.78 is 10.0. The monoisotopic (exact) mass is 419 g/mol. The number of non-ortho nitro benzene ring substituents is 1. The van der Waals surface area contributed by atoms with Crippen LogP contribution < -0.4 is 0 Å². The maximum absolute atomic E-state index is 12.3. The second-order valence-corrected chi connectivity index (χ2v) is 5.90. The molecule has 0 saturated heterocycles. The predicted molar refractivity (Wildman–Crippen MR) is 98.5 cm³/mol. The molecule has 2 aromatic carbocycles. The van der Waals surface area contributed by atoms with Gasteiger partial charge in [-0.2, -0.15) is 0 Å². The van der Waals surface area contributed by atoms with E-state index in [1.165, 1.54) is 44.6 Å². The molecule has 0 spiro atoms. The first-order chi connectivity index (χ1) is 12.4. The summed E-state index contributed by atoms with van der Waals surface area (Å²) in [5.41, 5.74) is 1.06. The fraction of sp³-hybridized carbons (Fsp3) is 0.111. The van der Waals surface area contributed by atoms with Crippen molar-refractivity contribution in [2.24, 2.45) is 0 Å². The van der Waals surface area contributed by atoms with Crippen molar-refractivity contribution >= 4 is 45.2 Å². The molecule has 0 aliphatic heterocycles. The summed E-state index contributed by atoms with van der Waals surface area (Å²) in [5, 5.41) is 10.9. The molecule has 0 radical (unpaired) electrons. The molecule has 0 aromatic heterocycles. The highest BCUT2D eigenvalue weighted by atomic mass is 79.9. The smallest absolute Gasteiger partial charge is 0.338 e. The number of methoxy groups -OCH3 is 2. The number of hydrogen-bond donors (Lipinski definition) is 0. The van der Waals surface area contributed by atoms with Crippen molar-refractivity contribution < 1.29 is 24.0 Å². The van der Waals surface area contributed by atoms with Crippen LogP contribution in [0.2, 0.25) is 0 Å². The van der Waals surface area contributed by atoms with Crippen molar-refractivity contribution in [1.29, 1.82) is 0 Å². The molecule has 0 unspecified atom stereocenters. The molecule has 0 fully saturated rings. The first-order valence-electron chi connectivity index (χ1n) is 7.30. The van der Waals surface area contributed by atoms with Gasteiger partial charge in [0, 0.05) is 22.2 Å². The highest BCUT2D eigenvalue weighted by molar-refractivity contribution is 9.10. The Kier molecular flexibility index (Phi) is 6.24. The van der Waals surface area contributed by atoms with Crippen molar-refractivity contribution in [3.05, 3.63) is 73.7 Å². The summed E-state index contributed by atoms with van der Waals surface area (Å²) in [6.45, 7) is 0. The molecule has 0 saturated carbocycles. The zero-order valence-corrected chi connectivity index (χ0v) is 15.5. The average Bonchev–Trinajstić information content (AvgIpc) is 2.65. The maximum Gasteiger partial charge on any atom is 0.338 e. The van der Waals surface area contributed by atoms with Crippen molar-refractivity contribution in [2.75, 3.05) is 14.2 Å². The molecule has 134 valence electrons. The molecule has 2 rings (SSSR count). The highest BCUT2D eigenvalue weighted by Crippen LogP contribution is 2.29. The molecular weight excluding hydrogens is 406 g/mol. The lowest BCUT2D eigenvalue weighted by Crippen LogP contribution is -2.10. The van der Waals surface area contributed by atoms with Gasteiger partial charge in [-0.3, -0.25) is 10.1 Å². The van der Waals surface area contributed by atoms with Gasteiger partial charge in [-0.25, -0.2) is 9.59 Å². The number of nitrogens with zero attached hydrogens (tertiary/aromatic N) is 1. The quantitative estimate of drug-likeness (QED) is 0.240. The van der Waals surface area contributed by atoms with Gasteiger partial charge >= 0.3 is 11.9 Å². The van der Waals surface area contributed by atoms with E-state index >= 15 is 0 Å². The number of carbonyl (C=O) groups is 2. The normalized spacial score (nSPS) is 11.0. The van der Waals surface area contributed by atoms with Crippen LogP contribution in [0.5, 0.6) is 0 Å². The molecular formula is C18H14BrNO6. The summed E-state index contributed by atoms with van der Waals surface area (Å²) in [7, 11) is 2.47. The second kappa shape index (κ2) is 8.39. The van der Waals surface area contributed by atoms with E-state index in [9.17, 15) is 19.7 Å². The maximum atomic E-state index is 12.3. The fourth-order valence-electron chi connectivity index (χ4n) is 2.26. The van der Waals surface area contributed by atoms with E-state index in [1.54, 1.807) is 18.2 Å². The minimum atomic E-state index is -0.661. The molecule has 26 heavy (non-hydrogen) atoms. The Morgan fingerprint density at radius 3 is 2.27 bits per heavy atom. The van der Waals surface area contributed by atoms with Crippen LogP contribution >= 0.6 is 15.9 Å². The van der Waals surface area contributed by atoms with Crippen LogP contribution in [0.25, 0.3) is 11.6 Å². The lowest BCUT2D eigenvalue weighted by molar-refractivity contribution is -0.384. The van der Waals surface area contributed by atoms with Gasteiger partial charge in [0.1, 0.15) is 0 Å². The van der Waals surface area contributed by atoms with Crippen molar-refractivity contribution in [1.82, 2.24) is 0 Å². The van der Waals surface area contributed by atoms with Crippen LogP contribution in [0.3, 0.4) is 0 Å². The van der Waals surface area contributed by atoms with Gasteiger partial charge in [0.25, 0.3) is 5.69 Å². The third kappa shape index (κ3) is 4.15. The van der Waals surface area contributed by atoms with E-state index in [0.717, 1.165) is 0 Å². The van der Waals surface area contributed by atoms with Crippen LogP contribution in [0.1, 0.15) is 21.5 Å². The SMILES string of the molecule is COC(=O)C(=Cc1ccc([N+](=O)[O-])cc1Br)c1ccccc1C(=O)OC. The van der Waals surface area contributed by atoms with Gasteiger partial charge in [0.05, 0.1) is 30.3 Å². The van der Waals surface area contributed by atoms with Crippen molar-refractivity contribution in [3.63, 3.8) is 0 Å². The molecule has 0 aliphatic carbocycles. The number of benzene rings is 2. The number of halogens is 1. The third-order valence-electron chi connectivity index (χ3n) is 3.52. The van der Waals surface area contributed by atoms with E-state index in [2.05, 4.69) is 15.9 Å². The van der Waals surface area contributed by atoms with Crippen LogP contribution in [0.4, 0.5) is 5.69 Å². The molecule has 0 amide bonds. The number of rotatable bonds is 5. The summed E-state index contributed by atoms with van der Waals surface area (Å²) in [4.78, 5) is 34.6. The summed E-state index contributed by atoms with van der Waals surface area (Å²) in [6.07, 6.45) is 1.49. The molecule has 0 atom stereocenters. The van der Waals surface area contributed by atoms with Gasteiger partial charge in [-0.1, -0.05) is 18.2 Å². The van der Waals surface area contributed by atoms with Crippen LogP contribution in [0, 0.1) is 10.1 Å².